The first kappa shape index (κ1) is 19.6. The van der Waals surface area contributed by atoms with E-state index in [4.69, 9.17) is 4.52 Å². The molecule has 25 heavy (non-hydrogen) atoms. The highest BCUT2D eigenvalue weighted by Crippen LogP contribution is 2.08. The SMILES string of the molecule is CN=C(NCc1ccc(F)cc1)N1CCN(Cc2ccon2)CC1.I. The van der Waals surface area contributed by atoms with Gasteiger partial charge in [-0.3, -0.25) is 9.89 Å². The number of hydrogen-bond acceptors (Lipinski definition) is 4. The van der Waals surface area contributed by atoms with Crippen LogP contribution in [0, 0.1) is 5.82 Å². The van der Waals surface area contributed by atoms with Gasteiger partial charge in [0.2, 0.25) is 0 Å². The van der Waals surface area contributed by atoms with Crippen LogP contribution in [0.4, 0.5) is 4.39 Å². The molecule has 0 amide bonds. The fraction of sp³-hybridized carbons (Fsp3) is 0.412. The van der Waals surface area contributed by atoms with Gasteiger partial charge in [0.05, 0.1) is 5.69 Å². The van der Waals surface area contributed by atoms with Crippen molar-refractivity contribution in [1.29, 1.82) is 0 Å². The van der Waals surface area contributed by atoms with Crippen molar-refractivity contribution in [3.8, 4) is 0 Å². The molecule has 2 aromatic rings. The number of rotatable bonds is 4. The molecule has 0 spiro atoms. The maximum absolute atomic E-state index is 12.9. The minimum atomic E-state index is -0.216. The zero-order valence-corrected chi connectivity index (χ0v) is 16.5. The van der Waals surface area contributed by atoms with Crippen LogP contribution in [0.3, 0.4) is 0 Å². The molecule has 1 aromatic carbocycles. The Morgan fingerprint density at radius 1 is 1.20 bits per heavy atom. The predicted molar refractivity (Wildman–Crippen MR) is 105 cm³/mol. The maximum atomic E-state index is 12.9. The summed E-state index contributed by atoms with van der Waals surface area (Å²) in [6.07, 6.45) is 1.60. The standard InChI is InChI=1S/C17H22FN5O.HI/c1-19-17(20-12-14-2-4-15(18)5-3-14)23-9-7-22(8-10-23)13-16-6-11-24-21-16;/h2-6,11H,7-10,12-13H2,1H3,(H,19,20);1H. The van der Waals surface area contributed by atoms with Crippen LogP contribution in [0.2, 0.25) is 0 Å². The summed E-state index contributed by atoms with van der Waals surface area (Å²) in [5.41, 5.74) is 1.99. The molecule has 0 atom stereocenters. The predicted octanol–water partition coefficient (Wildman–Crippen LogP) is 2.32. The third-order valence-electron chi connectivity index (χ3n) is 4.12. The molecule has 1 saturated heterocycles. The maximum Gasteiger partial charge on any atom is 0.194 e. The van der Waals surface area contributed by atoms with Crippen LogP contribution in [-0.2, 0) is 13.1 Å². The Bertz CT molecular complexity index is 654. The number of hydrogen-bond donors (Lipinski definition) is 1. The van der Waals surface area contributed by atoms with Crippen molar-refractivity contribution in [2.75, 3.05) is 33.2 Å². The van der Waals surface area contributed by atoms with Gasteiger partial charge in [0, 0.05) is 52.4 Å². The second-order valence-electron chi connectivity index (χ2n) is 5.78. The van der Waals surface area contributed by atoms with Crippen LogP contribution in [0.1, 0.15) is 11.3 Å². The smallest absolute Gasteiger partial charge is 0.194 e. The van der Waals surface area contributed by atoms with Crippen molar-refractivity contribution in [1.82, 2.24) is 20.3 Å². The number of halogens is 2. The van der Waals surface area contributed by atoms with Gasteiger partial charge in [0.1, 0.15) is 12.1 Å². The lowest BCUT2D eigenvalue weighted by Crippen LogP contribution is -2.52. The minimum Gasteiger partial charge on any atom is -0.364 e. The van der Waals surface area contributed by atoms with Gasteiger partial charge in [-0.25, -0.2) is 4.39 Å². The summed E-state index contributed by atoms with van der Waals surface area (Å²) < 4.78 is 17.8. The molecule has 0 unspecified atom stereocenters. The Hall–Kier alpha value is -1.68. The summed E-state index contributed by atoms with van der Waals surface area (Å²) in [6, 6.07) is 8.41. The molecule has 8 heteroatoms. The molecule has 0 aliphatic carbocycles. The average Bonchev–Trinajstić information content (AvgIpc) is 3.11. The van der Waals surface area contributed by atoms with Gasteiger partial charge < -0.3 is 14.7 Å². The Morgan fingerprint density at radius 3 is 2.52 bits per heavy atom. The molecule has 1 N–H and O–H groups in total. The zero-order valence-electron chi connectivity index (χ0n) is 14.2. The Morgan fingerprint density at radius 2 is 1.92 bits per heavy atom. The highest BCUT2D eigenvalue weighted by Gasteiger charge is 2.20. The molecule has 3 rings (SSSR count). The van der Waals surface area contributed by atoms with Crippen LogP contribution in [0.5, 0.6) is 0 Å². The van der Waals surface area contributed by atoms with E-state index in [1.165, 1.54) is 12.1 Å². The van der Waals surface area contributed by atoms with Crippen molar-refractivity contribution in [2.45, 2.75) is 13.1 Å². The van der Waals surface area contributed by atoms with E-state index in [1.54, 1.807) is 25.4 Å². The van der Waals surface area contributed by atoms with Gasteiger partial charge in [0.15, 0.2) is 5.96 Å². The van der Waals surface area contributed by atoms with Crippen molar-refractivity contribution >= 4 is 29.9 Å². The van der Waals surface area contributed by atoms with Crippen LogP contribution in [0.25, 0.3) is 0 Å². The number of nitrogens with zero attached hydrogens (tertiary/aromatic N) is 4. The quantitative estimate of drug-likeness (QED) is 0.432. The number of guanidine groups is 1. The molecule has 1 aliphatic rings. The molecule has 0 bridgehead atoms. The van der Waals surface area contributed by atoms with Gasteiger partial charge in [0.25, 0.3) is 0 Å². The monoisotopic (exact) mass is 459 g/mol. The van der Waals surface area contributed by atoms with Crippen molar-refractivity contribution in [3.63, 3.8) is 0 Å². The Labute approximate surface area is 164 Å². The topological polar surface area (TPSA) is 56.9 Å². The molecule has 6 nitrogen and oxygen atoms in total. The molecule has 2 heterocycles. The first-order chi connectivity index (χ1) is 11.7. The van der Waals surface area contributed by atoms with Crippen LogP contribution >= 0.6 is 24.0 Å². The van der Waals surface area contributed by atoms with Gasteiger partial charge in [-0.05, 0) is 17.7 Å². The molecule has 0 saturated carbocycles. The fourth-order valence-corrected chi connectivity index (χ4v) is 2.78. The van der Waals surface area contributed by atoms with E-state index in [1.807, 2.05) is 6.07 Å². The van der Waals surface area contributed by atoms with E-state index < -0.39 is 0 Å². The van der Waals surface area contributed by atoms with Crippen molar-refractivity contribution < 1.29 is 8.91 Å². The van der Waals surface area contributed by atoms with Crippen LogP contribution in [0.15, 0.2) is 46.1 Å². The van der Waals surface area contributed by atoms with Gasteiger partial charge >= 0.3 is 0 Å². The van der Waals surface area contributed by atoms with E-state index in [-0.39, 0.29) is 29.8 Å². The number of piperazine rings is 1. The normalized spacial score (nSPS) is 15.8. The molecule has 1 fully saturated rings. The Kier molecular flexibility index (Phi) is 7.63. The highest BCUT2D eigenvalue weighted by molar-refractivity contribution is 14.0. The second-order valence-corrected chi connectivity index (χ2v) is 5.78. The van der Waals surface area contributed by atoms with Crippen LogP contribution in [-0.4, -0.2) is 54.1 Å². The number of benzene rings is 1. The molecule has 0 radical (unpaired) electrons. The lowest BCUT2D eigenvalue weighted by atomic mass is 10.2. The molecule has 136 valence electrons. The van der Waals surface area contributed by atoms with Crippen molar-refractivity contribution in [2.24, 2.45) is 4.99 Å². The van der Waals surface area contributed by atoms with Gasteiger partial charge in [-0.15, -0.1) is 24.0 Å². The summed E-state index contributed by atoms with van der Waals surface area (Å²) in [4.78, 5) is 8.94. The molecular formula is C17H23FIN5O. The van der Waals surface area contributed by atoms with E-state index in [0.717, 1.165) is 49.9 Å². The summed E-state index contributed by atoms with van der Waals surface area (Å²) in [5, 5.41) is 7.30. The van der Waals surface area contributed by atoms with E-state index >= 15 is 0 Å². The van der Waals surface area contributed by atoms with Gasteiger partial charge in [-0.1, -0.05) is 17.3 Å². The van der Waals surface area contributed by atoms with E-state index in [9.17, 15) is 4.39 Å². The lowest BCUT2D eigenvalue weighted by molar-refractivity contribution is 0.169. The largest absolute Gasteiger partial charge is 0.364 e. The highest BCUT2D eigenvalue weighted by atomic mass is 127. The first-order valence-corrected chi connectivity index (χ1v) is 8.06. The van der Waals surface area contributed by atoms with E-state index in [0.29, 0.717) is 6.54 Å². The number of aliphatic imine (C=N–C) groups is 1. The van der Waals surface area contributed by atoms with E-state index in [2.05, 4.69) is 25.3 Å². The number of nitrogens with one attached hydrogen (secondary N) is 1. The third-order valence-corrected chi connectivity index (χ3v) is 4.12. The van der Waals surface area contributed by atoms with Crippen LogP contribution < -0.4 is 5.32 Å². The average molecular weight is 459 g/mol. The summed E-state index contributed by atoms with van der Waals surface area (Å²) >= 11 is 0. The fourth-order valence-electron chi connectivity index (χ4n) is 2.78. The summed E-state index contributed by atoms with van der Waals surface area (Å²) in [7, 11) is 1.79. The summed E-state index contributed by atoms with van der Waals surface area (Å²) in [5.74, 6) is 0.659. The molecule has 1 aliphatic heterocycles. The summed E-state index contributed by atoms with van der Waals surface area (Å²) in [6.45, 7) is 5.15. The number of aromatic nitrogens is 1. The Balaban J connectivity index is 0.00000225. The minimum absolute atomic E-state index is 0. The first-order valence-electron chi connectivity index (χ1n) is 8.06. The second kappa shape index (κ2) is 9.71. The zero-order chi connectivity index (χ0) is 16.8. The lowest BCUT2D eigenvalue weighted by Gasteiger charge is -2.36. The third kappa shape index (κ3) is 5.67. The van der Waals surface area contributed by atoms with Gasteiger partial charge in [-0.2, -0.15) is 0 Å². The van der Waals surface area contributed by atoms with Crippen molar-refractivity contribution in [3.05, 3.63) is 53.7 Å². The molecule has 1 aromatic heterocycles. The molecular weight excluding hydrogens is 436 g/mol.